The highest BCUT2D eigenvalue weighted by Crippen LogP contribution is 2.27. The van der Waals surface area contributed by atoms with Crippen molar-refractivity contribution in [3.63, 3.8) is 0 Å². The first-order chi connectivity index (χ1) is 11.5. The molecular weight excluding hydrogens is 374 g/mol. The maximum Gasteiger partial charge on any atom is 0.698 e. The van der Waals surface area contributed by atoms with Gasteiger partial charge in [0.25, 0.3) is 0 Å². The maximum atomic E-state index is 9.78. The van der Waals surface area contributed by atoms with Crippen molar-refractivity contribution in [3.8, 4) is 0 Å². The summed E-state index contributed by atoms with van der Waals surface area (Å²) in [6.45, 7) is 0. The summed E-state index contributed by atoms with van der Waals surface area (Å²) in [4.78, 5) is 16.0. The van der Waals surface area contributed by atoms with Crippen LogP contribution in [0.1, 0.15) is 11.1 Å². The molecule has 0 bridgehead atoms. The number of rotatable bonds is 7. The standard InChI is InChI=1S/C14H14.CHClO6P2/c1-3-7-13(8-4-1)11-12-14-9-5-2-6-10-14;2-1(7-9(3)4)8-10(5)6/h1-10H,11-12H2;1H/p+2. The van der Waals surface area contributed by atoms with Crippen LogP contribution in [0.4, 0.5) is 0 Å². The van der Waals surface area contributed by atoms with E-state index in [1.54, 1.807) is 0 Å². The second-order valence-corrected chi connectivity index (χ2v) is 6.16. The predicted octanol–water partition coefficient (Wildman–Crippen LogP) is 4.31. The number of hydrogen-bond acceptors (Lipinski definition) is 4. The summed E-state index contributed by atoms with van der Waals surface area (Å²) < 4.78 is 27.2. The topological polar surface area (TPSA) is 93.1 Å². The van der Waals surface area contributed by atoms with Gasteiger partial charge in [-0.25, -0.2) is 0 Å². The van der Waals surface area contributed by atoms with Crippen LogP contribution in [0, 0.1) is 0 Å². The normalized spacial score (nSPS) is 12.6. The zero-order chi connectivity index (χ0) is 17.8. The molecule has 9 heteroatoms. The highest BCUT2D eigenvalue weighted by Gasteiger charge is 2.30. The van der Waals surface area contributed by atoms with Crippen LogP contribution in [0.2, 0.25) is 0 Å². The van der Waals surface area contributed by atoms with Crippen LogP contribution in [0.25, 0.3) is 0 Å². The Bertz CT molecular complexity index is 571. The van der Waals surface area contributed by atoms with Gasteiger partial charge in [0.2, 0.25) is 0 Å². The summed E-state index contributed by atoms with van der Waals surface area (Å²) in [5.74, 6) is -1.68. The summed E-state index contributed by atoms with van der Waals surface area (Å²) in [7, 11) is -5.83. The molecule has 2 atom stereocenters. The largest absolute Gasteiger partial charge is 0.698 e. The molecule has 0 aromatic heterocycles. The van der Waals surface area contributed by atoms with E-state index in [4.69, 9.17) is 21.4 Å². The van der Waals surface area contributed by atoms with Gasteiger partial charge in [-0.05, 0) is 24.0 Å². The molecule has 2 aromatic rings. The number of alkyl halides is 1. The molecular formula is C15H17ClO6P2+2. The zero-order valence-electron chi connectivity index (χ0n) is 12.6. The third kappa shape index (κ3) is 10.5. The summed E-state index contributed by atoms with van der Waals surface area (Å²) in [5, 5.41) is 0. The first-order valence-corrected chi connectivity index (χ1v) is 9.55. The molecule has 0 amide bonds. The molecule has 0 saturated carbocycles. The minimum atomic E-state index is -2.92. The Morgan fingerprint density at radius 2 is 1.12 bits per heavy atom. The molecule has 24 heavy (non-hydrogen) atoms. The van der Waals surface area contributed by atoms with Crippen LogP contribution in [0.15, 0.2) is 60.7 Å². The Hall–Kier alpha value is -1.23. The van der Waals surface area contributed by atoms with Crippen molar-refractivity contribution in [2.45, 2.75) is 18.6 Å². The SMILES string of the molecule is O=[P+](O)OC(Cl)O[P+](=O)O.c1ccc(CCc2ccccc2)cc1. The molecule has 2 aromatic carbocycles. The third-order valence-electron chi connectivity index (χ3n) is 2.73. The fourth-order valence-corrected chi connectivity index (χ4v) is 2.59. The van der Waals surface area contributed by atoms with Crippen molar-refractivity contribution < 1.29 is 28.0 Å². The highest BCUT2D eigenvalue weighted by atomic mass is 35.5. The van der Waals surface area contributed by atoms with Gasteiger partial charge >= 0.3 is 22.3 Å². The Morgan fingerprint density at radius 1 is 0.792 bits per heavy atom. The number of benzene rings is 2. The van der Waals surface area contributed by atoms with Crippen molar-refractivity contribution in [2.24, 2.45) is 0 Å². The minimum absolute atomic E-state index is 1.13. The smallest absolute Gasteiger partial charge is 0.133 e. The molecule has 0 aliphatic heterocycles. The number of aryl methyl sites for hydroxylation is 2. The Balaban J connectivity index is 0.000000257. The van der Waals surface area contributed by atoms with E-state index in [0.29, 0.717) is 0 Å². The van der Waals surface area contributed by atoms with Crippen molar-refractivity contribution in [1.82, 2.24) is 0 Å². The molecule has 0 aliphatic rings. The highest BCUT2D eigenvalue weighted by molar-refractivity contribution is 7.33. The zero-order valence-corrected chi connectivity index (χ0v) is 15.1. The van der Waals surface area contributed by atoms with Gasteiger partial charge in [0.1, 0.15) is 0 Å². The van der Waals surface area contributed by atoms with Crippen LogP contribution in [-0.2, 0) is 31.0 Å². The lowest BCUT2D eigenvalue weighted by Crippen LogP contribution is -1.99. The molecule has 0 spiro atoms. The average molecular weight is 391 g/mol. The van der Waals surface area contributed by atoms with Crippen molar-refractivity contribution in [1.29, 1.82) is 0 Å². The van der Waals surface area contributed by atoms with Crippen LogP contribution in [-0.4, -0.2) is 15.5 Å². The molecule has 0 saturated heterocycles. The quantitative estimate of drug-likeness (QED) is 0.415. The molecule has 6 nitrogen and oxygen atoms in total. The number of hydrogen-bond donors (Lipinski definition) is 2. The monoisotopic (exact) mass is 390 g/mol. The Kier molecular flexibility index (Phi) is 10.6. The van der Waals surface area contributed by atoms with Gasteiger partial charge in [-0.15, -0.1) is 9.79 Å². The molecule has 2 unspecified atom stereocenters. The molecule has 128 valence electrons. The molecule has 0 heterocycles. The second kappa shape index (κ2) is 12.2. The summed E-state index contributed by atoms with van der Waals surface area (Å²) >= 11 is 4.94. The molecule has 2 rings (SSSR count). The summed E-state index contributed by atoms with van der Waals surface area (Å²) in [5.41, 5.74) is 2.83. The van der Waals surface area contributed by atoms with Gasteiger partial charge in [-0.1, -0.05) is 81.3 Å². The van der Waals surface area contributed by atoms with Crippen molar-refractivity contribution in [2.75, 3.05) is 0 Å². The van der Waals surface area contributed by atoms with Gasteiger partial charge in [0.05, 0.1) is 0 Å². The fraction of sp³-hybridized carbons (Fsp3) is 0.200. The van der Waals surface area contributed by atoms with E-state index in [-0.39, 0.29) is 0 Å². The minimum Gasteiger partial charge on any atom is -0.133 e. The first-order valence-electron chi connectivity index (χ1n) is 6.85. The van der Waals surface area contributed by atoms with Gasteiger partial charge in [-0.2, -0.15) is 0 Å². The van der Waals surface area contributed by atoms with Gasteiger partial charge < -0.3 is 0 Å². The van der Waals surface area contributed by atoms with E-state index >= 15 is 0 Å². The van der Waals surface area contributed by atoms with Crippen LogP contribution in [0.3, 0.4) is 0 Å². The predicted molar refractivity (Wildman–Crippen MR) is 91.8 cm³/mol. The first kappa shape index (κ1) is 20.8. The van der Waals surface area contributed by atoms with Gasteiger partial charge in [0, 0.05) is 9.13 Å². The second-order valence-electron chi connectivity index (χ2n) is 4.43. The molecule has 0 fully saturated rings. The lowest BCUT2D eigenvalue weighted by Gasteiger charge is -2.01. The van der Waals surface area contributed by atoms with Crippen LogP contribution >= 0.6 is 28.1 Å². The van der Waals surface area contributed by atoms with Crippen molar-refractivity contribution in [3.05, 3.63) is 71.8 Å². The third-order valence-corrected chi connectivity index (χ3v) is 3.90. The Morgan fingerprint density at radius 3 is 1.42 bits per heavy atom. The van der Waals surface area contributed by atoms with E-state index < -0.39 is 22.3 Å². The maximum absolute atomic E-state index is 9.78. The average Bonchev–Trinajstić information content (AvgIpc) is 2.54. The lowest BCUT2D eigenvalue weighted by atomic mass is 10.0. The van der Waals surface area contributed by atoms with E-state index in [9.17, 15) is 9.13 Å². The van der Waals surface area contributed by atoms with Gasteiger partial charge in [0.15, 0.2) is 0 Å². The van der Waals surface area contributed by atoms with Crippen LogP contribution in [0.5, 0.6) is 0 Å². The summed E-state index contributed by atoms with van der Waals surface area (Å²) in [6, 6.07) is 21.2. The number of halogens is 1. The van der Waals surface area contributed by atoms with Gasteiger partial charge in [-0.3, -0.25) is 0 Å². The van der Waals surface area contributed by atoms with E-state index in [2.05, 4.69) is 69.7 Å². The molecule has 0 aliphatic carbocycles. The van der Waals surface area contributed by atoms with E-state index in [0.717, 1.165) is 12.8 Å². The van der Waals surface area contributed by atoms with Crippen molar-refractivity contribution >= 4 is 28.1 Å². The molecule has 2 N–H and O–H groups in total. The molecule has 0 radical (unpaired) electrons. The van der Waals surface area contributed by atoms with E-state index in [1.165, 1.54) is 11.1 Å². The van der Waals surface area contributed by atoms with Crippen LogP contribution < -0.4 is 0 Å². The summed E-state index contributed by atoms with van der Waals surface area (Å²) in [6.07, 6.45) is 2.26. The lowest BCUT2D eigenvalue weighted by molar-refractivity contribution is 0.0711. The Labute approximate surface area is 146 Å². The fourth-order valence-electron chi connectivity index (χ4n) is 1.74. The van der Waals surface area contributed by atoms with E-state index in [1.807, 2.05) is 0 Å².